The van der Waals surface area contributed by atoms with Gasteiger partial charge in [-0.25, -0.2) is 12.7 Å². The Morgan fingerprint density at radius 1 is 1.33 bits per heavy atom. The number of amides is 1. The number of nitrogens with two attached hydrogens (primary N) is 1. The van der Waals surface area contributed by atoms with Crippen LogP contribution < -0.4 is 11.1 Å². The summed E-state index contributed by atoms with van der Waals surface area (Å²) in [5.74, 6) is -0.115. The van der Waals surface area contributed by atoms with Crippen LogP contribution in [-0.2, 0) is 21.2 Å². The summed E-state index contributed by atoms with van der Waals surface area (Å²) >= 11 is 0. The fraction of sp³-hybridized carbons (Fsp3) is 0.500. The Morgan fingerprint density at radius 3 is 2.57 bits per heavy atom. The van der Waals surface area contributed by atoms with Crippen molar-refractivity contribution in [2.75, 3.05) is 31.6 Å². The van der Waals surface area contributed by atoms with E-state index in [-0.39, 0.29) is 12.3 Å². The van der Waals surface area contributed by atoms with Gasteiger partial charge in [-0.15, -0.1) is 0 Å². The molecule has 0 bridgehead atoms. The van der Waals surface area contributed by atoms with Gasteiger partial charge in [0.1, 0.15) is 0 Å². The summed E-state index contributed by atoms with van der Waals surface area (Å²) in [6.45, 7) is 3.08. The Balaban J connectivity index is 2.33. The lowest BCUT2D eigenvalue weighted by molar-refractivity contribution is -0.120. The number of hydrogen-bond acceptors (Lipinski definition) is 4. The number of carbonyl (C=O) groups excluding carboxylic acids is 1. The van der Waals surface area contributed by atoms with Crippen LogP contribution in [0.25, 0.3) is 0 Å². The first-order valence-corrected chi connectivity index (χ1v) is 8.74. The first kappa shape index (κ1) is 17.5. The van der Waals surface area contributed by atoms with Gasteiger partial charge in [-0.05, 0) is 18.1 Å². The second-order valence-electron chi connectivity index (χ2n) is 4.83. The Labute approximate surface area is 126 Å². The topological polar surface area (TPSA) is 92.5 Å². The maximum atomic E-state index is 11.8. The van der Waals surface area contributed by atoms with Gasteiger partial charge in [0.25, 0.3) is 0 Å². The molecule has 0 unspecified atom stereocenters. The maximum Gasteiger partial charge on any atom is 0.224 e. The van der Waals surface area contributed by atoms with E-state index in [1.165, 1.54) is 10.6 Å². The molecule has 0 saturated heterocycles. The highest BCUT2D eigenvalue weighted by atomic mass is 32.2. The molecule has 0 radical (unpaired) electrons. The van der Waals surface area contributed by atoms with E-state index >= 15 is 0 Å². The molecule has 1 amide bonds. The minimum Gasteiger partial charge on any atom is -0.398 e. The smallest absolute Gasteiger partial charge is 0.224 e. The van der Waals surface area contributed by atoms with Crippen LogP contribution in [0.1, 0.15) is 18.9 Å². The van der Waals surface area contributed by atoms with E-state index in [0.717, 1.165) is 5.56 Å². The molecule has 0 spiro atoms. The first-order valence-electron chi connectivity index (χ1n) is 6.89. The summed E-state index contributed by atoms with van der Waals surface area (Å²) in [5.41, 5.74) is 7.17. The molecule has 1 aromatic rings. The predicted molar refractivity (Wildman–Crippen MR) is 84.3 cm³/mol. The lowest BCUT2D eigenvalue weighted by atomic mass is 10.1. The monoisotopic (exact) mass is 313 g/mol. The van der Waals surface area contributed by atoms with Crippen LogP contribution in [0, 0.1) is 0 Å². The summed E-state index contributed by atoms with van der Waals surface area (Å²) < 4.78 is 24.2. The minimum absolute atomic E-state index is 0.115. The zero-order chi connectivity index (χ0) is 15.9. The molecule has 7 heteroatoms. The van der Waals surface area contributed by atoms with Gasteiger partial charge in [-0.1, -0.05) is 25.1 Å². The van der Waals surface area contributed by atoms with Gasteiger partial charge in [0.05, 0.1) is 12.7 Å². The molecule has 0 aliphatic rings. The van der Waals surface area contributed by atoms with Crippen molar-refractivity contribution in [3.8, 4) is 0 Å². The number of nitrogen functional groups attached to an aromatic ring is 1. The number of para-hydroxylation sites is 1. The third kappa shape index (κ3) is 6.14. The SMILES string of the molecule is CCN(CCCNC(=O)Cc1ccccc1N)S(C)(=O)=O. The zero-order valence-electron chi connectivity index (χ0n) is 12.5. The van der Waals surface area contributed by atoms with Crippen LogP contribution >= 0.6 is 0 Å². The molecule has 0 aliphatic carbocycles. The molecular formula is C14H23N3O3S. The third-order valence-corrected chi connectivity index (χ3v) is 4.51. The van der Waals surface area contributed by atoms with Crippen molar-refractivity contribution in [3.63, 3.8) is 0 Å². The maximum absolute atomic E-state index is 11.8. The minimum atomic E-state index is -3.17. The van der Waals surface area contributed by atoms with Crippen molar-refractivity contribution in [2.24, 2.45) is 0 Å². The lowest BCUT2D eigenvalue weighted by Gasteiger charge is -2.17. The highest BCUT2D eigenvalue weighted by Gasteiger charge is 2.13. The number of carbonyl (C=O) groups is 1. The lowest BCUT2D eigenvalue weighted by Crippen LogP contribution is -2.33. The quantitative estimate of drug-likeness (QED) is 0.543. The Kier molecular flexibility index (Phi) is 6.64. The number of sulfonamides is 1. The number of anilines is 1. The number of nitrogens with zero attached hydrogens (tertiary/aromatic N) is 1. The van der Waals surface area contributed by atoms with Crippen LogP contribution in [0.5, 0.6) is 0 Å². The molecular weight excluding hydrogens is 290 g/mol. The van der Waals surface area contributed by atoms with Crippen molar-refractivity contribution in [2.45, 2.75) is 19.8 Å². The number of nitrogens with one attached hydrogen (secondary N) is 1. The normalized spacial score (nSPS) is 11.6. The molecule has 0 saturated carbocycles. The van der Waals surface area contributed by atoms with Crippen LogP contribution in [0.3, 0.4) is 0 Å². The van der Waals surface area contributed by atoms with Crippen LogP contribution in [0.15, 0.2) is 24.3 Å². The average molecular weight is 313 g/mol. The fourth-order valence-corrected chi connectivity index (χ4v) is 2.90. The van der Waals surface area contributed by atoms with E-state index in [1.807, 2.05) is 18.2 Å². The summed E-state index contributed by atoms with van der Waals surface area (Å²) in [5, 5.41) is 2.77. The molecule has 0 aromatic heterocycles. The van der Waals surface area contributed by atoms with Gasteiger partial charge in [0.15, 0.2) is 0 Å². The van der Waals surface area contributed by atoms with Gasteiger partial charge in [-0.3, -0.25) is 4.79 Å². The van der Waals surface area contributed by atoms with E-state index in [4.69, 9.17) is 5.73 Å². The second-order valence-corrected chi connectivity index (χ2v) is 6.82. The van der Waals surface area contributed by atoms with E-state index < -0.39 is 10.0 Å². The third-order valence-electron chi connectivity index (χ3n) is 3.13. The summed E-state index contributed by atoms with van der Waals surface area (Å²) in [6, 6.07) is 7.23. The molecule has 0 atom stereocenters. The molecule has 0 fully saturated rings. The zero-order valence-corrected chi connectivity index (χ0v) is 13.3. The summed E-state index contributed by atoms with van der Waals surface area (Å²) in [4.78, 5) is 11.8. The van der Waals surface area contributed by atoms with Crippen LogP contribution in [-0.4, -0.2) is 44.5 Å². The van der Waals surface area contributed by atoms with Gasteiger partial charge in [-0.2, -0.15) is 0 Å². The fourth-order valence-electron chi connectivity index (χ4n) is 1.97. The van der Waals surface area contributed by atoms with Crippen molar-refractivity contribution in [1.82, 2.24) is 9.62 Å². The standard InChI is InChI=1S/C14H23N3O3S/c1-3-17(21(2,19)20)10-6-9-16-14(18)11-12-7-4-5-8-13(12)15/h4-5,7-8H,3,6,9-11,15H2,1-2H3,(H,16,18). The predicted octanol–water partition coefficient (Wildman–Crippen LogP) is 0.599. The summed E-state index contributed by atoms with van der Waals surface area (Å²) in [6.07, 6.45) is 2.00. The number of benzene rings is 1. The van der Waals surface area contributed by atoms with Crippen molar-refractivity contribution < 1.29 is 13.2 Å². The van der Waals surface area contributed by atoms with Crippen LogP contribution in [0.2, 0.25) is 0 Å². The van der Waals surface area contributed by atoms with Gasteiger partial charge in [0, 0.05) is 25.3 Å². The van der Waals surface area contributed by atoms with Crippen molar-refractivity contribution in [3.05, 3.63) is 29.8 Å². The Morgan fingerprint density at radius 2 is 2.00 bits per heavy atom. The van der Waals surface area contributed by atoms with Crippen molar-refractivity contribution >= 4 is 21.6 Å². The van der Waals surface area contributed by atoms with E-state index in [9.17, 15) is 13.2 Å². The van der Waals surface area contributed by atoms with Gasteiger partial charge in [0.2, 0.25) is 15.9 Å². The molecule has 6 nitrogen and oxygen atoms in total. The highest BCUT2D eigenvalue weighted by molar-refractivity contribution is 7.88. The molecule has 3 N–H and O–H groups in total. The average Bonchev–Trinajstić information content (AvgIpc) is 2.40. The van der Waals surface area contributed by atoms with E-state index in [1.54, 1.807) is 13.0 Å². The largest absolute Gasteiger partial charge is 0.398 e. The molecule has 118 valence electrons. The Hall–Kier alpha value is -1.60. The van der Waals surface area contributed by atoms with E-state index in [2.05, 4.69) is 5.32 Å². The molecule has 0 aliphatic heterocycles. The van der Waals surface area contributed by atoms with Gasteiger partial charge >= 0.3 is 0 Å². The summed E-state index contributed by atoms with van der Waals surface area (Å²) in [7, 11) is -3.17. The second kappa shape index (κ2) is 7.99. The molecule has 1 aromatic carbocycles. The first-order chi connectivity index (χ1) is 9.84. The van der Waals surface area contributed by atoms with Crippen LogP contribution in [0.4, 0.5) is 5.69 Å². The Bertz CT molecular complexity index is 573. The van der Waals surface area contributed by atoms with Gasteiger partial charge < -0.3 is 11.1 Å². The van der Waals surface area contributed by atoms with E-state index in [0.29, 0.717) is 31.7 Å². The number of rotatable bonds is 8. The van der Waals surface area contributed by atoms with Crippen molar-refractivity contribution in [1.29, 1.82) is 0 Å². The molecule has 1 rings (SSSR count). The highest BCUT2D eigenvalue weighted by Crippen LogP contribution is 2.10. The molecule has 21 heavy (non-hydrogen) atoms. The molecule has 0 heterocycles. The number of hydrogen-bond donors (Lipinski definition) is 2.